The second-order valence-corrected chi connectivity index (χ2v) is 17.7. The van der Waals surface area contributed by atoms with Gasteiger partial charge in [0.05, 0.1) is 18.8 Å². The zero-order valence-electron chi connectivity index (χ0n) is 32.8. The second-order valence-electron chi connectivity index (χ2n) is 17.7. The standard InChI is InChI=1S/C48H58N4O4/c1-33-44(31-52-21-19-51(20-22-52)30-34-7-3-2-4-8-34)55-46(56-45(33)40-13-11-35(32-53)12-14-40)41-17-15-39(16-18-41)43-10-6-5-9-42(43)29-49-47(54)50-48-26-36-23-37(27-48)25-38(24-36)28-48/h2-18,33,36-38,44-46,53H,19-32H2,1H3,(H2,49,50,54). The van der Waals surface area contributed by atoms with Gasteiger partial charge in [-0.05, 0) is 89.7 Å². The highest BCUT2D eigenvalue weighted by atomic mass is 16.7. The van der Waals surface area contributed by atoms with Gasteiger partial charge in [0.15, 0.2) is 6.29 Å². The Morgan fingerprint density at radius 3 is 2.04 bits per heavy atom. The lowest BCUT2D eigenvalue weighted by Gasteiger charge is -2.56. The van der Waals surface area contributed by atoms with Crippen molar-refractivity contribution in [3.63, 3.8) is 0 Å². The maximum absolute atomic E-state index is 13.3. The molecule has 0 spiro atoms. The topological polar surface area (TPSA) is 86.3 Å². The molecule has 0 radical (unpaired) electrons. The van der Waals surface area contributed by atoms with E-state index in [9.17, 15) is 9.90 Å². The van der Waals surface area contributed by atoms with Gasteiger partial charge < -0.3 is 25.2 Å². The molecule has 10 rings (SSSR count). The van der Waals surface area contributed by atoms with E-state index in [4.69, 9.17) is 9.47 Å². The molecule has 294 valence electrons. The van der Waals surface area contributed by atoms with Crippen LogP contribution in [0.5, 0.6) is 0 Å². The summed E-state index contributed by atoms with van der Waals surface area (Å²) in [6, 6.07) is 35.8. The maximum atomic E-state index is 13.3. The third-order valence-corrected chi connectivity index (χ3v) is 13.6. The van der Waals surface area contributed by atoms with E-state index in [1.54, 1.807) is 0 Å². The summed E-state index contributed by atoms with van der Waals surface area (Å²) in [5, 5.41) is 16.4. The first kappa shape index (κ1) is 37.5. The van der Waals surface area contributed by atoms with E-state index in [1.165, 1.54) is 24.8 Å². The lowest BCUT2D eigenvalue weighted by molar-refractivity contribution is -0.276. The van der Waals surface area contributed by atoms with Gasteiger partial charge in [0.1, 0.15) is 0 Å². The van der Waals surface area contributed by atoms with Crippen LogP contribution in [0.2, 0.25) is 0 Å². The Kier molecular flexibility index (Phi) is 11.0. The molecule has 4 aromatic carbocycles. The van der Waals surface area contributed by atoms with Crippen molar-refractivity contribution in [2.45, 2.75) is 89.2 Å². The number of nitrogens with zero attached hydrogens (tertiary/aromatic N) is 2. The molecule has 6 aliphatic rings. The minimum absolute atomic E-state index is 0.00631. The minimum Gasteiger partial charge on any atom is -0.392 e. The van der Waals surface area contributed by atoms with Crippen LogP contribution in [0.4, 0.5) is 4.79 Å². The number of carbonyl (C=O) groups excluding carboxylic acids is 1. The number of aliphatic hydroxyl groups excluding tert-OH is 1. The molecule has 0 aromatic heterocycles. The van der Waals surface area contributed by atoms with Gasteiger partial charge in [0.25, 0.3) is 0 Å². The van der Waals surface area contributed by atoms with Gasteiger partial charge in [0, 0.05) is 62.8 Å². The van der Waals surface area contributed by atoms with E-state index in [0.29, 0.717) is 6.54 Å². The van der Waals surface area contributed by atoms with Gasteiger partial charge in [-0.3, -0.25) is 9.80 Å². The smallest absolute Gasteiger partial charge is 0.315 e. The molecule has 4 bridgehead atoms. The summed E-state index contributed by atoms with van der Waals surface area (Å²) < 4.78 is 13.7. The van der Waals surface area contributed by atoms with E-state index < -0.39 is 6.29 Å². The predicted octanol–water partition coefficient (Wildman–Crippen LogP) is 8.22. The zero-order chi connectivity index (χ0) is 38.1. The molecule has 6 fully saturated rings. The Labute approximate surface area is 332 Å². The average Bonchev–Trinajstić information content (AvgIpc) is 3.21. The van der Waals surface area contributed by atoms with Crippen molar-refractivity contribution in [1.82, 2.24) is 20.4 Å². The van der Waals surface area contributed by atoms with E-state index in [1.807, 2.05) is 18.2 Å². The van der Waals surface area contributed by atoms with Crippen molar-refractivity contribution in [2.24, 2.45) is 23.7 Å². The van der Waals surface area contributed by atoms with Gasteiger partial charge >= 0.3 is 6.03 Å². The molecule has 4 unspecified atom stereocenters. The number of hydrogen-bond acceptors (Lipinski definition) is 6. The number of benzene rings is 4. The number of rotatable bonds is 11. The van der Waals surface area contributed by atoms with E-state index >= 15 is 0 Å². The number of nitrogens with one attached hydrogen (secondary N) is 2. The number of carbonyl (C=O) groups is 1. The molecule has 8 heteroatoms. The second kappa shape index (κ2) is 16.4. The van der Waals surface area contributed by atoms with Gasteiger partial charge in [-0.1, -0.05) is 110 Å². The molecule has 3 N–H and O–H groups in total. The van der Waals surface area contributed by atoms with Gasteiger partial charge in [-0.2, -0.15) is 0 Å². The first-order valence-corrected chi connectivity index (χ1v) is 21.1. The summed E-state index contributed by atoms with van der Waals surface area (Å²) in [7, 11) is 0. The van der Waals surface area contributed by atoms with E-state index in [0.717, 1.165) is 110 Å². The summed E-state index contributed by atoms with van der Waals surface area (Å²) in [4.78, 5) is 18.4. The van der Waals surface area contributed by atoms with Crippen molar-refractivity contribution in [3.8, 4) is 11.1 Å². The molecule has 2 saturated heterocycles. The van der Waals surface area contributed by atoms with Gasteiger partial charge in [0.2, 0.25) is 0 Å². The van der Waals surface area contributed by atoms with Crippen molar-refractivity contribution in [3.05, 3.63) is 131 Å². The normalized spacial score (nSPS) is 30.3. The van der Waals surface area contributed by atoms with Crippen LogP contribution >= 0.6 is 0 Å². The predicted molar refractivity (Wildman–Crippen MR) is 219 cm³/mol. The lowest BCUT2D eigenvalue weighted by Crippen LogP contribution is -2.61. The highest BCUT2D eigenvalue weighted by Crippen LogP contribution is 2.55. The fourth-order valence-electron chi connectivity index (χ4n) is 11.1. The number of urea groups is 1. The first-order chi connectivity index (χ1) is 27.4. The van der Waals surface area contributed by atoms with Crippen molar-refractivity contribution >= 4 is 6.03 Å². The van der Waals surface area contributed by atoms with Crippen molar-refractivity contribution < 1.29 is 19.4 Å². The monoisotopic (exact) mass is 754 g/mol. The first-order valence-electron chi connectivity index (χ1n) is 21.1. The minimum atomic E-state index is -0.516. The molecule has 4 saturated carbocycles. The quantitative estimate of drug-likeness (QED) is 0.143. The third kappa shape index (κ3) is 8.32. The Balaban J connectivity index is 0.869. The Bertz CT molecular complexity index is 1890. The van der Waals surface area contributed by atoms with Crippen LogP contribution in [-0.2, 0) is 29.2 Å². The number of ether oxygens (including phenoxy) is 2. The molecule has 8 nitrogen and oxygen atoms in total. The van der Waals surface area contributed by atoms with Crippen LogP contribution in [-0.4, -0.2) is 65.3 Å². The number of piperazine rings is 1. The van der Waals surface area contributed by atoms with Gasteiger partial charge in [-0.15, -0.1) is 0 Å². The third-order valence-electron chi connectivity index (χ3n) is 13.6. The molecular weight excluding hydrogens is 697 g/mol. The number of hydrogen-bond donors (Lipinski definition) is 3. The van der Waals surface area contributed by atoms with Crippen molar-refractivity contribution in [2.75, 3.05) is 32.7 Å². The van der Waals surface area contributed by atoms with Crippen LogP contribution in [0.3, 0.4) is 0 Å². The molecule has 4 aromatic rings. The fourth-order valence-corrected chi connectivity index (χ4v) is 11.1. The largest absolute Gasteiger partial charge is 0.392 e. The van der Waals surface area contributed by atoms with Crippen LogP contribution in [0.25, 0.3) is 11.1 Å². The van der Waals surface area contributed by atoms with Crippen LogP contribution in [0.1, 0.15) is 85.7 Å². The fraction of sp³-hybridized carbons (Fsp3) is 0.479. The Morgan fingerprint density at radius 2 is 1.36 bits per heavy atom. The molecule has 4 aliphatic carbocycles. The summed E-state index contributed by atoms with van der Waals surface area (Å²) in [6.07, 6.45) is 6.83. The number of aliphatic hydroxyl groups is 1. The molecule has 2 aliphatic heterocycles. The van der Waals surface area contributed by atoms with Crippen LogP contribution < -0.4 is 10.6 Å². The summed E-state index contributed by atoms with van der Waals surface area (Å²) >= 11 is 0. The molecular formula is C48H58N4O4. The van der Waals surface area contributed by atoms with Crippen LogP contribution in [0, 0.1) is 23.7 Å². The van der Waals surface area contributed by atoms with Crippen molar-refractivity contribution in [1.29, 1.82) is 0 Å². The Morgan fingerprint density at radius 1 is 0.732 bits per heavy atom. The highest BCUT2D eigenvalue weighted by Gasteiger charge is 2.51. The summed E-state index contributed by atoms with van der Waals surface area (Å²) in [5.41, 5.74) is 7.64. The SMILES string of the molecule is CC1C(CN2CCN(Cc3ccccc3)CC2)OC(c2ccc(-c3ccccc3CNC(=O)NC34CC5CC(CC(C5)C3)C4)cc2)OC1c1ccc(CO)cc1. The summed E-state index contributed by atoms with van der Waals surface area (Å²) in [6.45, 7) is 8.66. The highest BCUT2D eigenvalue weighted by molar-refractivity contribution is 5.76. The van der Waals surface area contributed by atoms with E-state index in [-0.39, 0.29) is 36.3 Å². The Hall–Kier alpha value is -4.05. The summed E-state index contributed by atoms with van der Waals surface area (Å²) in [5.74, 6) is 2.51. The maximum Gasteiger partial charge on any atom is 0.315 e. The molecule has 4 atom stereocenters. The molecule has 2 heterocycles. The molecule has 56 heavy (non-hydrogen) atoms. The average molecular weight is 755 g/mol. The van der Waals surface area contributed by atoms with Gasteiger partial charge in [-0.25, -0.2) is 4.79 Å². The molecule has 2 amide bonds. The lowest BCUT2D eigenvalue weighted by atomic mass is 9.53. The van der Waals surface area contributed by atoms with Crippen LogP contribution in [0.15, 0.2) is 103 Å². The number of amides is 2. The van der Waals surface area contributed by atoms with E-state index in [2.05, 4.69) is 112 Å². The zero-order valence-corrected chi connectivity index (χ0v) is 32.8.